The third kappa shape index (κ3) is 5.03. The largest absolute Gasteiger partial charge is 0.356 e. The van der Waals surface area contributed by atoms with Crippen molar-refractivity contribution in [2.45, 2.75) is 39.0 Å². The molecule has 0 spiro atoms. The number of nitrogens with zero attached hydrogens (tertiary/aromatic N) is 3. The monoisotopic (exact) mass is 362 g/mol. The average Bonchev–Trinajstić information content (AvgIpc) is 3.12. The molecule has 1 N–H and O–H groups in total. The van der Waals surface area contributed by atoms with Gasteiger partial charge in [-0.1, -0.05) is 79.9 Å². The van der Waals surface area contributed by atoms with Crippen LogP contribution < -0.4 is 5.32 Å². The van der Waals surface area contributed by atoms with Gasteiger partial charge in [-0.3, -0.25) is 4.79 Å². The Hall–Kier alpha value is -2.95. The van der Waals surface area contributed by atoms with Gasteiger partial charge in [-0.25, -0.2) is 4.68 Å². The van der Waals surface area contributed by atoms with Gasteiger partial charge in [-0.05, 0) is 18.6 Å². The van der Waals surface area contributed by atoms with Crippen LogP contribution in [-0.2, 0) is 11.2 Å². The molecule has 5 heteroatoms. The number of carbonyl (C=O) groups excluding carboxylic acids is 1. The molecule has 0 saturated carbocycles. The van der Waals surface area contributed by atoms with Crippen LogP contribution >= 0.6 is 0 Å². The topological polar surface area (TPSA) is 59.8 Å². The highest BCUT2D eigenvalue weighted by Crippen LogP contribution is 2.25. The van der Waals surface area contributed by atoms with Crippen LogP contribution in [0.5, 0.6) is 0 Å². The van der Waals surface area contributed by atoms with Crippen molar-refractivity contribution in [1.29, 1.82) is 0 Å². The zero-order chi connectivity index (χ0) is 18.9. The molecule has 1 amide bonds. The van der Waals surface area contributed by atoms with Crippen LogP contribution in [0.3, 0.4) is 0 Å². The molecule has 27 heavy (non-hydrogen) atoms. The molecule has 0 aliphatic rings. The van der Waals surface area contributed by atoms with E-state index in [4.69, 9.17) is 0 Å². The SMILES string of the molecule is CCCCCCNC(=O)Cc1nnn(-c2ccccc2)c1-c1ccccc1. The minimum Gasteiger partial charge on any atom is -0.356 e. The van der Waals surface area contributed by atoms with Crippen LogP contribution in [0.15, 0.2) is 60.7 Å². The van der Waals surface area contributed by atoms with Crippen molar-refractivity contribution in [1.82, 2.24) is 20.3 Å². The lowest BCUT2D eigenvalue weighted by Crippen LogP contribution is -2.26. The van der Waals surface area contributed by atoms with Gasteiger partial charge in [0, 0.05) is 12.1 Å². The highest BCUT2D eigenvalue weighted by atomic mass is 16.1. The van der Waals surface area contributed by atoms with E-state index in [9.17, 15) is 4.79 Å². The average molecular weight is 362 g/mol. The molecule has 0 saturated heterocycles. The van der Waals surface area contributed by atoms with Crippen molar-refractivity contribution in [2.24, 2.45) is 0 Å². The molecule has 0 unspecified atom stereocenters. The van der Waals surface area contributed by atoms with Gasteiger partial charge in [0.25, 0.3) is 0 Å². The Bertz CT molecular complexity index is 843. The zero-order valence-corrected chi connectivity index (χ0v) is 15.8. The molecule has 1 heterocycles. The van der Waals surface area contributed by atoms with E-state index in [0.29, 0.717) is 12.2 Å². The number of amides is 1. The van der Waals surface area contributed by atoms with Crippen molar-refractivity contribution in [3.8, 4) is 16.9 Å². The maximum Gasteiger partial charge on any atom is 0.226 e. The van der Waals surface area contributed by atoms with E-state index in [0.717, 1.165) is 29.8 Å². The second kappa shape index (κ2) is 9.67. The number of unbranched alkanes of at least 4 members (excludes halogenated alkanes) is 3. The van der Waals surface area contributed by atoms with Gasteiger partial charge in [0.05, 0.1) is 17.8 Å². The molecule has 140 valence electrons. The minimum atomic E-state index is -0.0104. The third-order valence-electron chi connectivity index (χ3n) is 4.47. The summed E-state index contributed by atoms with van der Waals surface area (Å²) >= 11 is 0. The number of hydrogen-bond acceptors (Lipinski definition) is 3. The van der Waals surface area contributed by atoms with Crippen LogP contribution in [0.25, 0.3) is 16.9 Å². The Morgan fingerprint density at radius 3 is 2.37 bits per heavy atom. The molecule has 0 atom stereocenters. The van der Waals surface area contributed by atoms with E-state index in [1.165, 1.54) is 12.8 Å². The molecule has 1 aromatic heterocycles. The first kappa shape index (κ1) is 18.8. The van der Waals surface area contributed by atoms with Crippen LogP contribution in [0.2, 0.25) is 0 Å². The Morgan fingerprint density at radius 2 is 1.67 bits per heavy atom. The number of benzene rings is 2. The number of carbonyl (C=O) groups is 1. The van der Waals surface area contributed by atoms with Crippen LogP contribution in [0, 0.1) is 0 Å². The Balaban J connectivity index is 1.79. The lowest BCUT2D eigenvalue weighted by atomic mass is 10.1. The normalized spacial score (nSPS) is 10.7. The smallest absolute Gasteiger partial charge is 0.226 e. The number of para-hydroxylation sites is 1. The third-order valence-corrected chi connectivity index (χ3v) is 4.47. The summed E-state index contributed by atoms with van der Waals surface area (Å²) in [6.07, 6.45) is 4.79. The van der Waals surface area contributed by atoms with Crippen LogP contribution in [-0.4, -0.2) is 27.4 Å². The van der Waals surface area contributed by atoms with Crippen molar-refractivity contribution in [3.05, 3.63) is 66.4 Å². The predicted octanol–water partition coefficient (Wildman–Crippen LogP) is 4.17. The van der Waals surface area contributed by atoms with Crippen molar-refractivity contribution in [2.75, 3.05) is 6.54 Å². The first-order valence-electron chi connectivity index (χ1n) is 9.61. The molecule has 0 fully saturated rings. The molecule has 0 radical (unpaired) electrons. The summed E-state index contributed by atoms with van der Waals surface area (Å²) in [5.41, 5.74) is 3.48. The Kier molecular flexibility index (Phi) is 6.74. The lowest BCUT2D eigenvalue weighted by molar-refractivity contribution is -0.120. The lowest BCUT2D eigenvalue weighted by Gasteiger charge is -2.09. The van der Waals surface area contributed by atoms with Crippen molar-refractivity contribution < 1.29 is 4.79 Å². The van der Waals surface area contributed by atoms with Gasteiger partial charge in [0.1, 0.15) is 5.69 Å². The quantitative estimate of drug-likeness (QED) is 0.581. The second-order valence-electron chi connectivity index (χ2n) is 6.59. The molecule has 0 aliphatic heterocycles. The van der Waals surface area contributed by atoms with Gasteiger partial charge in [-0.2, -0.15) is 0 Å². The standard InChI is InChI=1S/C22H26N4O/c1-2-3-4-11-16-23-21(27)17-20-22(18-12-7-5-8-13-18)26(25-24-20)19-14-9-6-10-15-19/h5-10,12-15H,2-4,11,16-17H2,1H3,(H,23,27). The molecular weight excluding hydrogens is 336 g/mol. The van der Waals surface area contributed by atoms with Crippen molar-refractivity contribution >= 4 is 5.91 Å². The number of nitrogens with one attached hydrogen (secondary N) is 1. The van der Waals surface area contributed by atoms with Gasteiger partial charge in [-0.15, -0.1) is 5.10 Å². The molecule has 3 rings (SSSR count). The van der Waals surface area contributed by atoms with E-state index < -0.39 is 0 Å². The molecule has 2 aromatic carbocycles. The van der Waals surface area contributed by atoms with E-state index >= 15 is 0 Å². The Labute approximate surface area is 160 Å². The Morgan fingerprint density at radius 1 is 0.963 bits per heavy atom. The number of hydrogen-bond donors (Lipinski definition) is 1. The zero-order valence-electron chi connectivity index (χ0n) is 15.8. The number of rotatable bonds is 9. The fraction of sp³-hybridized carbons (Fsp3) is 0.318. The van der Waals surface area contributed by atoms with Gasteiger partial charge in [0.2, 0.25) is 5.91 Å². The summed E-state index contributed by atoms with van der Waals surface area (Å²) in [7, 11) is 0. The van der Waals surface area contributed by atoms with Crippen LogP contribution in [0.1, 0.15) is 38.3 Å². The summed E-state index contributed by atoms with van der Waals surface area (Å²) in [5, 5.41) is 11.6. The molecule has 5 nitrogen and oxygen atoms in total. The van der Waals surface area contributed by atoms with Gasteiger partial charge in [0.15, 0.2) is 0 Å². The van der Waals surface area contributed by atoms with Crippen LogP contribution in [0.4, 0.5) is 0 Å². The summed E-state index contributed by atoms with van der Waals surface area (Å²) in [5.74, 6) is -0.0104. The minimum absolute atomic E-state index is 0.0104. The summed E-state index contributed by atoms with van der Waals surface area (Å²) < 4.78 is 1.80. The fourth-order valence-electron chi connectivity index (χ4n) is 3.06. The number of aromatic nitrogens is 3. The van der Waals surface area contributed by atoms with Gasteiger partial charge < -0.3 is 5.32 Å². The predicted molar refractivity (Wildman–Crippen MR) is 108 cm³/mol. The molecule has 3 aromatic rings. The molecule has 0 aliphatic carbocycles. The maximum absolute atomic E-state index is 12.4. The second-order valence-corrected chi connectivity index (χ2v) is 6.59. The summed E-state index contributed by atoms with van der Waals surface area (Å²) in [6, 6.07) is 19.8. The highest BCUT2D eigenvalue weighted by molar-refractivity contribution is 5.80. The maximum atomic E-state index is 12.4. The molecular formula is C22H26N4O. The first-order chi connectivity index (χ1) is 13.3. The molecule has 0 bridgehead atoms. The van der Waals surface area contributed by atoms with Crippen molar-refractivity contribution in [3.63, 3.8) is 0 Å². The van der Waals surface area contributed by atoms with E-state index in [-0.39, 0.29) is 12.3 Å². The van der Waals surface area contributed by atoms with Gasteiger partial charge >= 0.3 is 0 Å². The summed E-state index contributed by atoms with van der Waals surface area (Å²) in [4.78, 5) is 12.4. The highest BCUT2D eigenvalue weighted by Gasteiger charge is 2.18. The summed E-state index contributed by atoms with van der Waals surface area (Å²) in [6.45, 7) is 2.89. The van der Waals surface area contributed by atoms with E-state index in [1.807, 2.05) is 60.7 Å². The van der Waals surface area contributed by atoms with E-state index in [2.05, 4.69) is 22.6 Å². The first-order valence-corrected chi connectivity index (χ1v) is 9.61. The fourth-order valence-corrected chi connectivity index (χ4v) is 3.06. The van der Waals surface area contributed by atoms with E-state index in [1.54, 1.807) is 4.68 Å².